The molecule has 0 radical (unpaired) electrons. The predicted molar refractivity (Wildman–Crippen MR) is 62.5 cm³/mol. The number of nitrogens with one attached hydrogen (secondary N) is 1. The maximum Gasteiger partial charge on any atom is 0.0160 e. The van der Waals surface area contributed by atoms with Crippen molar-refractivity contribution in [1.82, 2.24) is 10.2 Å². The van der Waals surface area contributed by atoms with Gasteiger partial charge in [0.15, 0.2) is 0 Å². The third kappa shape index (κ3) is 3.43. The van der Waals surface area contributed by atoms with E-state index in [9.17, 15) is 0 Å². The topological polar surface area (TPSA) is 15.3 Å². The Labute approximate surface area is 88.4 Å². The summed E-state index contributed by atoms with van der Waals surface area (Å²) >= 11 is 0. The Morgan fingerprint density at radius 3 is 2.79 bits per heavy atom. The summed E-state index contributed by atoms with van der Waals surface area (Å²) in [5.74, 6) is 1.67. The molecule has 14 heavy (non-hydrogen) atoms. The first-order valence-electron chi connectivity index (χ1n) is 5.81. The molecular formula is C12H24N2. The maximum atomic E-state index is 3.82. The van der Waals surface area contributed by atoms with Crippen LogP contribution in [-0.4, -0.2) is 37.6 Å². The molecule has 1 rings (SSSR count). The first kappa shape index (κ1) is 11.7. The summed E-state index contributed by atoms with van der Waals surface area (Å²) in [5.41, 5.74) is 0. The van der Waals surface area contributed by atoms with Gasteiger partial charge >= 0.3 is 0 Å². The fourth-order valence-corrected chi connectivity index (χ4v) is 2.20. The summed E-state index contributed by atoms with van der Waals surface area (Å²) in [4.78, 5) is 2.52. The molecule has 0 aromatic heterocycles. The number of nitrogens with zero attached hydrogens (tertiary/aromatic N) is 1. The molecule has 0 aromatic carbocycles. The predicted octanol–water partition coefficient (Wildman–Crippen LogP) is 1.74. The fourth-order valence-electron chi connectivity index (χ4n) is 2.20. The zero-order chi connectivity index (χ0) is 10.4. The van der Waals surface area contributed by atoms with Gasteiger partial charge in [0.2, 0.25) is 0 Å². The van der Waals surface area contributed by atoms with E-state index in [4.69, 9.17) is 0 Å². The van der Waals surface area contributed by atoms with Crippen LogP contribution in [0.25, 0.3) is 0 Å². The molecule has 0 saturated carbocycles. The average molecular weight is 196 g/mol. The Morgan fingerprint density at radius 2 is 2.29 bits per heavy atom. The van der Waals surface area contributed by atoms with E-state index in [0.29, 0.717) is 0 Å². The van der Waals surface area contributed by atoms with E-state index in [-0.39, 0.29) is 0 Å². The average Bonchev–Trinajstić information content (AvgIpc) is 2.53. The third-order valence-electron chi connectivity index (χ3n) is 3.10. The van der Waals surface area contributed by atoms with Gasteiger partial charge in [-0.25, -0.2) is 0 Å². The highest BCUT2D eigenvalue weighted by Gasteiger charge is 2.24. The van der Waals surface area contributed by atoms with Crippen molar-refractivity contribution in [3.05, 3.63) is 12.7 Å². The van der Waals surface area contributed by atoms with Crippen molar-refractivity contribution in [2.75, 3.05) is 32.7 Å². The summed E-state index contributed by atoms with van der Waals surface area (Å²) < 4.78 is 0. The van der Waals surface area contributed by atoms with Crippen LogP contribution in [0.5, 0.6) is 0 Å². The summed E-state index contributed by atoms with van der Waals surface area (Å²) in [5, 5.41) is 3.46. The second kappa shape index (κ2) is 6.20. The van der Waals surface area contributed by atoms with Crippen molar-refractivity contribution < 1.29 is 0 Å². The SMILES string of the molecule is C=CCN(CCC)CC1CNCC1C. The molecule has 1 aliphatic rings. The maximum absolute atomic E-state index is 3.82. The van der Waals surface area contributed by atoms with Crippen LogP contribution in [0, 0.1) is 11.8 Å². The molecular weight excluding hydrogens is 172 g/mol. The van der Waals surface area contributed by atoms with E-state index >= 15 is 0 Å². The van der Waals surface area contributed by atoms with Crippen molar-refractivity contribution in [2.45, 2.75) is 20.3 Å². The summed E-state index contributed by atoms with van der Waals surface area (Å²) in [6, 6.07) is 0. The Hall–Kier alpha value is -0.340. The Kier molecular flexibility index (Phi) is 5.20. The van der Waals surface area contributed by atoms with Gasteiger partial charge in [-0.2, -0.15) is 0 Å². The highest BCUT2D eigenvalue weighted by atomic mass is 15.1. The quantitative estimate of drug-likeness (QED) is 0.651. The lowest BCUT2D eigenvalue weighted by Crippen LogP contribution is -2.33. The minimum Gasteiger partial charge on any atom is -0.316 e. The molecule has 0 spiro atoms. The Morgan fingerprint density at radius 1 is 1.50 bits per heavy atom. The first-order chi connectivity index (χ1) is 6.77. The molecule has 2 atom stereocenters. The third-order valence-corrected chi connectivity index (χ3v) is 3.10. The van der Waals surface area contributed by atoms with Crippen LogP contribution in [0.2, 0.25) is 0 Å². The van der Waals surface area contributed by atoms with E-state index in [1.807, 2.05) is 6.08 Å². The van der Waals surface area contributed by atoms with Gasteiger partial charge in [-0.3, -0.25) is 4.90 Å². The monoisotopic (exact) mass is 196 g/mol. The van der Waals surface area contributed by atoms with E-state index in [1.54, 1.807) is 0 Å². The summed E-state index contributed by atoms with van der Waals surface area (Å²) in [6.45, 7) is 14.3. The molecule has 2 nitrogen and oxygen atoms in total. The van der Waals surface area contributed by atoms with Gasteiger partial charge in [0.1, 0.15) is 0 Å². The second-order valence-electron chi connectivity index (χ2n) is 4.44. The van der Waals surface area contributed by atoms with Crippen LogP contribution >= 0.6 is 0 Å². The summed E-state index contributed by atoms with van der Waals surface area (Å²) in [6.07, 6.45) is 3.26. The van der Waals surface area contributed by atoms with Crippen molar-refractivity contribution in [3.63, 3.8) is 0 Å². The molecule has 0 aromatic rings. The smallest absolute Gasteiger partial charge is 0.0160 e. The Bertz CT molecular complexity index is 168. The lowest BCUT2D eigenvalue weighted by atomic mass is 9.97. The van der Waals surface area contributed by atoms with Crippen molar-refractivity contribution >= 4 is 0 Å². The highest BCUT2D eigenvalue weighted by Crippen LogP contribution is 2.17. The van der Waals surface area contributed by atoms with Gasteiger partial charge in [0.05, 0.1) is 0 Å². The molecule has 1 N–H and O–H groups in total. The number of hydrogen-bond donors (Lipinski definition) is 1. The Balaban J connectivity index is 2.33. The van der Waals surface area contributed by atoms with Crippen LogP contribution in [0.3, 0.4) is 0 Å². The molecule has 0 bridgehead atoms. The van der Waals surface area contributed by atoms with Crippen LogP contribution < -0.4 is 5.32 Å². The van der Waals surface area contributed by atoms with Crippen molar-refractivity contribution in [2.24, 2.45) is 11.8 Å². The lowest BCUT2D eigenvalue weighted by molar-refractivity contribution is 0.238. The van der Waals surface area contributed by atoms with Gasteiger partial charge in [-0.05, 0) is 37.9 Å². The minimum atomic E-state index is 0.833. The number of hydrogen-bond acceptors (Lipinski definition) is 2. The number of rotatable bonds is 6. The molecule has 2 heteroatoms. The van der Waals surface area contributed by atoms with Crippen LogP contribution in [0.4, 0.5) is 0 Å². The molecule has 1 saturated heterocycles. The largest absolute Gasteiger partial charge is 0.316 e. The van der Waals surface area contributed by atoms with Crippen molar-refractivity contribution in [3.8, 4) is 0 Å². The standard InChI is InChI=1S/C12H24N2/c1-4-6-14(7-5-2)10-12-9-13-8-11(12)3/h4,11-13H,1,5-10H2,2-3H3. The normalized spacial score (nSPS) is 27.1. The molecule has 1 aliphatic heterocycles. The lowest BCUT2D eigenvalue weighted by Gasteiger charge is -2.25. The first-order valence-corrected chi connectivity index (χ1v) is 5.81. The molecule has 82 valence electrons. The second-order valence-corrected chi connectivity index (χ2v) is 4.44. The van der Waals surface area contributed by atoms with E-state index in [2.05, 4.69) is 30.6 Å². The molecule has 1 fully saturated rings. The minimum absolute atomic E-state index is 0.833. The van der Waals surface area contributed by atoms with E-state index < -0.39 is 0 Å². The van der Waals surface area contributed by atoms with Crippen LogP contribution in [0.1, 0.15) is 20.3 Å². The summed E-state index contributed by atoms with van der Waals surface area (Å²) in [7, 11) is 0. The van der Waals surface area contributed by atoms with E-state index in [1.165, 1.54) is 32.6 Å². The van der Waals surface area contributed by atoms with Gasteiger partial charge in [0, 0.05) is 13.1 Å². The molecule has 1 heterocycles. The van der Waals surface area contributed by atoms with Gasteiger partial charge in [-0.1, -0.05) is 19.9 Å². The van der Waals surface area contributed by atoms with Crippen LogP contribution in [0.15, 0.2) is 12.7 Å². The van der Waals surface area contributed by atoms with Crippen molar-refractivity contribution in [1.29, 1.82) is 0 Å². The zero-order valence-electron chi connectivity index (χ0n) is 9.63. The zero-order valence-corrected chi connectivity index (χ0v) is 9.63. The molecule has 2 unspecified atom stereocenters. The molecule has 0 amide bonds. The van der Waals surface area contributed by atoms with Gasteiger partial charge in [0.25, 0.3) is 0 Å². The van der Waals surface area contributed by atoms with Crippen LogP contribution in [-0.2, 0) is 0 Å². The van der Waals surface area contributed by atoms with Gasteiger partial charge < -0.3 is 5.32 Å². The molecule has 0 aliphatic carbocycles. The highest BCUT2D eigenvalue weighted by molar-refractivity contribution is 4.82. The van der Waals surface area contributed by atoms with E-state index in [0.717, 1.165) is 18.4 Å². The fraction of sp³-hybridized carbons (Fsp3) is 0.833. The van der Waals surface area contributed by atoms with Gasteiger partial charge in [-0.15, -0.1) is 6.58 Å².